The fourth-order valence-corrected chi connectivity index (χ4v) is 4.82. The summed E-state index contributed by atoms with van der Waals surface area (Å²) < 4.78 is 21.1. The molecule has 3 N–H and O–H groups in total. The molecule has 2 fully saturated rings. The molecule has 0 bridgehead atoms. The number of hydrogen-bond donors (Lipinski definition) is 3. The number of rotatable bonds is 6. The quantitative estimate of drug-likeness (QED) is 0.439. The van der Waals surface area contributed by atoms with Crippen LogP contribution < -0.4 is 15.1 Å². The zero-order valence-electron chi connectivity index (χ0n) is 20.3. The minimum atomic E-state index is -0.458. The second-order valence-electron chi connectivity index (χ2n) is 9.17. The molecule has 1 aromatic carbocycles. The number of benzene rings is 1. The van der Waals surface area contributed by atoms with Gasteiger partial charge >= 0.3 is 0 Å². The summed E-state index contributed by atoms with van der Waals surface area (Å²) in [6.07, 6.45) is 5.95. The number of aromatic nitrogens is 3. The molecule has 9 nitrogen and oxygen atoms in total. The molecule has 0 saturated carbocycles. The van der Waals surface area contributed by atoms with Crippen LogP contribution >= 0.6 is 0 Å². The summed E-state index contributed by atoms with van der Waals surface area (Å²) in [6.45, 7) is 4.43. The number of carbonyl (C=O) groups excluding carboxylic acids is 1. The van der Waals surface area contributed by atoms with Gasteiger partial charge in [0.2, 0.25) is 5.91 Å². The average Bonchev–Trinajstić information content (AvgIpc) is 3.30. The fourth-order valence-electron chi connectivity index (χ4n) is 4.82. The fraction of sp³-hybridized carbons (Fsp3) is 0.385. The molecule has 0 unspecified atom stereocenters. The first-order valence-electron chi connectivity index (χ1n) is 12.3. The Labute approximate surface area is 209 Å². The zero-order valence-corrected chi connectivity index (χ0v) is 20.3. The van der Waals surface area contributed by atoms with Crippen molar-refractivity contribution in [3.63, 3.8) is 0 Å². The molecule has 2 aromatic heterocycles. The van der Waals surface area contributed by atoms with Gasteiger partial charge in [-0.2, -0.15) is 5.10 Å². The van der Waals surface area contributed by atoms with E-state index in [2.05, 4.69) is 27.3 Å². The number of pyridine rings is 1. The molecule has 188 valence electrons. The number of nitrogens with one attached hydrogen (secondary N) is 3. The predicted molar refractivity (Wildman–Crippen MR) is 138 cm³/mol. The number of ether oxygens (including phenoxy) is 1. The van der Waals surface area contributed by atoms with E-state index >= 15 is 4.39 Å². The number of nitrogens with zero attached hydrogens (tertiary/aromatic N) is 4. The lowest BCUT2D eigenvalue weighted by Crippen LogP contribution is -2.44. The topological polar surface area (TPSA) is 110 Å². The van der Waals surface area contributed by atoms with Crippen molar-refractivity contribution in [2.75, 3.05) is 41.4 Å². The van der Waals surface area contributed by atoms with Gasteiger partial charge in [-0.3, -0.25) is 9.89 Å². The van der Waals surface area contributed by atoms with Crippen molar-refractivity contribution < 1.29 is 13.9 Å². The maximum Gasteiger partial charge on any atom is 0.227 e. The van der Waals surface area contributed by atoms with Crippen molar-refractivity contribution in [2.24, 2.45) is 0 Å². The number of anilines is 4. The second kappa shape index (κ2) is 10.4. The van der Waals surface area contributed by atoms with Crippen LogP contribution in [0.2, 0.25) is 0 Å². The monoisotopic (exact) mass is 491 g/mol. The van der Waals surface area contributed by atoms with E-state index in [1.54, 1.807) is 23.2 Å². The third-order valence-corrected chi connectivity index (χ3v) is 6.73. The largest absolute Gasteiger partial charge is 0.377 e. The Morgan fingerprint density at radius 2 is 2.11 bits per heavy atom. The molecule has 0 radical (unpaired) electrons. The first kappa shape index (κ1) is 23.9. The number of halogens is 1. The van der Waals surface area contributed by atoms with Gasteiger partial charge < -0.3 is 25.3 Å². The molecule has 2 aliphatic heterocycles. The predicted octanol–water partition coefficient (Wildman–Crippen LogP) is 4.48. The molecular weight excluding hydrogens is 461 g/mol. The highest BCUT2D eigenvalue weighted by atomic mass is 19.1. The van der Waals surface area contributed by atoms with Gasteiger partial charge in [-0.05, 0) is 49.1 Å². The molecule has 36 heavy (non-hydrogen) atoms. The summed E-state index contributed by atoms with van der Waals surface area (Å²) >= 11 is 0. The lowest BCUT2D eigenvalue weighted by molar-refractivity contribution is -0.118. The maximum absolute atomic E-state index is 15.5. The van der Waals surface area contributed by atoms with Crippen molar-refractivity contribution in [3.05, 3.63) is 47.9 Å². The van der Waals surface area contributed by atoms with Crippen LogP contribution in [0, 0.1) is 11.2 Å². The highest BCUT2D eigenvalue weighted by Crippen LogP contribution is 2.35. The summed E-state index contributed by atoms with van der Waals surface area (Å²) in [5.41, 5.74) is 2.10. The SMILES string of the molecule is C[C@@H]1COCCN1c1cc(-c2ccc(N3CCCCCC3=O)c(F)c2)c(C=N)c(Nc2ccn[nH]2)n1. The third kappa shape index (κ3) is 4.81. The Balaban J connectivity index is 1.59. The summed E-state index contributed by atoms with van der Waals surface area (Å²) in [5, 5.41) is 18.2. The molecule has 1 atom stereocenters. The smallest absolute Gasteiger partial charge is 0.227 e. The van der Waals surface area contributed by atoms with E-state index in [1.807, 2.05) is 12.1 Å². The minimum Gasteiger partial charge on any atom is -0.377 e. The van der Waals surface area contributed by atoms with Crippen molar-refractivity contribution in [3.8, 4) is 11.1 Å². The molecular formula is C26H30FN7O2. The average molecular weight is 492 g/mol. The number of morpholine rings is 1. The molecule has 1 amide bonds. The zero-order chi connectivity index (χ0) is 25.1. The van der Waals surface area contributed by atoms with Gasteiger partial charge in [-0.15, -0.1) is 0 Å². The van der Waals surface area contributed by atoms with Crippen LogP contribution in [-0.4, -0.2) is 59.6 Å². The van der Waals surface area contributed by atoms with Crippen LogP contribution in [0.3, 0.4) is 0 Å². The van der Waals surface area contributed by atoms with Crippen LogP contribution in [0.4, 0.5) is 27.5 Å². The summed E-state index contributed by atoms with van der Waals surface area (Å²) in [4.78, 5) is 21.1. The maximum atomic E-state index is 15.5. The number of hydrogen-bond acceptors (Lipinski definition) is 7. The van der Waals surface area contributed by atoms with E-state index in [0.29, 0.717) is 72.6 Å². The number of carbonyl (C=O) groups is 1. The lowest BCUT2D eigenvalue weighted by Gasteiger charge is -2.35. The Morgan fingerprint density at radius 3 is 2.86 bits per heavy atom. The van der Waals surface area contributed by atoms with Crippen LogP contribution in [0.25, 0.3) is 11.1 Å². The van der Waals surface area contributed by atoms with E-state index < -0.39 is 5.82 Å². The van der Waals surface area contributed by atoms with Gasteiger partial charge in [0.25, 0.3) is 0 Å². The van der Waals surface area contributed by atoms with Gasteiger partial charge in [0.15, 0.2) is 0 Å². The van der Waals surface area contributed by atoms with E-state index in [-0.39, 0.29) is 11.9 Å². The molecule has 2 aliphatic rings. The van der Waals surface area contributed by atoms with E-state index in [0.717, 1.165) is 19.3 Å². The summed E-state index contributed by atoms with van der Waals surface area (Å²) in [7, 11) is 0. The van der Waals surface area contributed by atoms with Crippen molar-refractivity contribution >= 4 is 35.3 Å². The number of H-pyrrole nitrogens is 1. The van der Waals surface area contributed by atoms with Crippen molar-refractivity contribution in [1.29, 1.82) is 5.41 Å². The first-order valence-corrected chi connectivity index (χ1v) is 12.3. The molecule has 4 heterocycles. The van der Waals surface area contributed by atoms with E-state index in [4.69, 9.17) is 15.1 Å². The highest BCUT2D eigenvalue weighted by Gasteiger charge is 2.25. The van der Waals surface area contributed by atoms with Gasteiger partial charge in [0.05, 0.1) is 31.1 Å². The normalized spacial score (nSPS) is 18.7. The Kier molecular flexibility index (Phi) is 6.95. The molecule has 5 rings (SSSR count). The van der Waals surface area contributed by atoms with Crippen LogP contribution in [0.1, 0.15) is 38.2 Å². The molecule has 2 saturated heterocycles. The Hall–Kier alpha value is -3.79. The molecule has 0 aliphatic carbocycles. The molecule has 0 spiro atoms. The van der Waals surface area contributed by atoms with E-state index in [1.165, 1.54) is 12.3 Å². The lowest BCUT2D eigenvalue weighted by atomic mass is 9.99. The van der Waals surface area contributed by atoms with Gasteiger partial charge in [0, 0.05) is 37.4 Å². The van der Waals surface area contributed by atoms with E-state index in [9.17, 15) is 4.79 Å². The molecule has 10 heteroatoms. The van der Waals surface area contributed by atoms with Gasteiger partial charge in [-0.1, -0.05) is 12.5 Å². The van der Waals surface area contributed by atoms with Crippen molar-refractivity contribution in [1.82, 2.24) is 15.2 Å². The van der Waals surface area contributed by atoms with Crippen LogP contribution in [0.15, 0.2) is 36.5 Å². The standard InChI is InChI=1S/C26H30FN7O2/c1-17-16-36-12-11-33(17)24-14-19(20(15-28)26(31-24)30-23-8-9-29-32-23)18-6-7-22(21(27)13-18)34-10-4-2-3-5-25(34)35/h6-9,13-15,17,28H,2-5,10-12,16H2,1H3,(H2,29,30,31,32)/t17-/m1/s1. The summed E-state index contributed by atoms with van der Waals surface area (Å²) in [5.74, 6) is 1.30. The Bertz CT molecular complexity index is 1250. The van der Waals surface area contributed by atoms with Gasteiger partial charge in [-0.25, -0.2) is 9.37 Å². The first-order chi connectivity index (χ1) is 17.5. The number of amides is 1. The summed E-state index contributed by atoms with van der Waals surface area (Å²) in [6, 6.07) is 8.70. The van der Waals surface area contributed by atoms with Crippen LogP contribution in [-0.2, 0) is 9.53 Å². The Morgan fingerprint density at radius 1 is 1.22 bits per heavy atom. The second-order valence-corrected chi connectivity index (χ2v) is 9.17. The highest BCUT2D eigenvalue weighted by molar-refractivity contribution is 5.97. The van der Waals surface area contributed by atoms with Crippen LogP contribution in [0.5, 0.6) is 0 Å². The molecule has 3 aromatic rings. The van der Waals surface area contributed by atoms with Crippen molar-refractivity contribution in [2.45, 2.75) is 38.6 Å². The third-order valence-electron chi connectivity index (χ3n) is 6.73. The van der Waals surface area contributed by atoms with Gasteiger partial charge in [0.1, 0.15) is 23.3 Å². The minimum absolute atomic E-state index is 0.0436. The number of aromatic amines is 1.